The molecule has 0 saturated heterocycles. The van der Waals surface area contributed by atoms with Crippen LogP contribution in [0.3, 0.4) is 0 Å². The third-order valence-electron chi connectivity index (χ3n) is 2.17. The second-order valence-corrected chi connectivity index (χ2v) is 3.23. The van der Waals surface area contributed by atoms with Gasteiger partial charge in [0.1, 0.15) is 6.04 Å². The monoisotopic (exact) mass is 190 g/mol. The van der Waals surface area contributed by atoms with Crippen molar-refractivity contribution in [1.29, 1.82) is 0 Å². The van der Waals surface area contributed by atoms with Gasteiger partial charge in [0.05, 0.1) is 11.3 Å². The number of rotatable bonds is 0. The summed E-state index contributed by atoms with van der Waals surface area (Å²) in [5, 5.41) is 5.28. The van der Waals surface area contributed by atoms with Gasteiger partial charge >= 0.3 is 0 Å². The predicted octanol–water partition coefficient (Wildman–Crippen LogP) is 0.757. The highest BCUT2D eigenvalue weighted by Gasteiger charge is 2.23. The SMILES string of the molecule is C[C@H]1NC(=O)c2ccccc2NC1=O. The largest absolute Gasteiger partial charge is 0.340 e. The second-order valence-electron chi connectivity index (χ2n) is 3.23. The summed E-state index contributed by atoms with van der Waals surface area (Å²) < 4.78 is 0. The molecule has 1 aliphatic rings. The molecular weight excluding hydrogens is 180 g/mol. The number of benzene rings is 1. The number of carbonyl (C=O) groups excluding carboxylic acids is 2. The van der Waals surface area contributed by atoms with Crippen molar-refractivity contribution in [1.82, 2.24) is 5.32 Å². The van der Waals surface area contributed by atoms with E-state index in [-0.39, 0.29) is 11.8 Å². The van der Waals surface area contributed by atoms with Gasteiger partial charge in [0.15, 0.2) is 0 Å². The summed E-state index contributed by atoms with van der Waals surface area (Å²) in [4.78, 5) is 23.0. The molecular formula is C10H10N2O2. The van der Waals surface area contributed by atoms with Crippen LogP contribution in [-0.4, -0.2) is 17.9 Å². The molecule has 1 aromatic carbocycles. The van der Waals surface area contributed by atoms with Crippen molar-refractivity contribution in [3.05, 3.63) is 29.8 Å². The number of nitrogens with one attached hydrogen (secondary N) is 2. The smallest absolute Gasteiger partial charge is 0.254 e. The number of fused-ring (bicyclic) bond motifs is 1. The van der Waals surface area contributed by atoms with Crippen molar-refractivity contribution in [3.8, 4) is 0 Å². The molecule has 2 rings (SSSR count). The number of para-hydroxylation sites is 1. The molecule has 2 N–H and O–H groups in total. The third kappa shape index (κ3) is 1.35. The Balaban J connectivity index is 2.48. The molecule has 0 saturated carbocycles. The van der Waals surface area contributed by atoms with Crippen LogP contribution in [0.5, 0.6) is 0 Å². The molecule has 72 valence electrons. The summed E-state index contributed by atoms with van der Waals surface area (Å²) in [6.07, 6.45) is 0. The van der Waals surface area contributed by atoms with Gasteiger partial charge in [-0.25, -0.2) is 0 Å². The van der Waals surface area contributed by atoms with Gasteiger partial charge in [0.2, 0.25) is 5.91 Å². The molecule has 0 bridgehead atoms. The van der Waals surface area contributed by atoms with Crippen molar-refractivity contribution >= 4 is 17.5 Å². The van der Waals surface area contributed by atoms with E-state index in [1.54, 1.807) is 31.2 Å². The van der Waals surface area contributed by atoms with Gasteiger partial charge in [-0.2, -0.15) is 0 Å². The van der Waals surface area contributed by atoms with E-state index in [0.29, 0.717) is 11.3 Å². The van der Waals surface area contributed by atoms with Crippen LogP contribution < -0.4 is 10.6 Å². The summed E-state index contributed by atoms with van der Waals surface area (Å²) in [5.41, 5.74) is 1.07. The van der Waals surface area contributed by atoms with E-state index in [2.05, 4.69) is 10.6 Å². The molecule has 0 aromatic heterocycles. The zero-order chi connectivity index (χ0) is 10.1. The van der Waals surface area contributed by atoms with Crippen LogP contribution in [0.15, 0.2) is 24.3 Å². The first-order chi connectivity index (χ1) is 6.68. The number of carbonyl (C=O) groups is 2. The van der Waals surface area contributed by atoms with Gasteiger partial charge < -0.3 is 10.6 Å². The minimum absolute atomic E-state index is 0.191. The lowest BCUT2D eigenvalue weighted by Gasteiger charge is -2.06. The molecule has 1 heterocycles. The first-order valence-electron chi connectivity index (χ1n) is 4.39. The zero-order valence-electron chi connectivity index (χ0n) is 7.70. The van der Waals surface area contributed by atoms with Gasteiger partial charge in [-0.15, -0.1) is 0 Å². The van der Waals surface area contributed by atoms with Gasteiger partial charge in [0.25, 0.3) is 5.91 Å². The molecule has 4 heteroatoms. The maximum Gasteiger partial charge on any atom is 0.254 e. The first kappa shape index (κ1) is 8.74. The Bertz CT molecular complexity index is 401. The van der Waals surface area contributed by atoms with Crippen LogP contribution >= 0.6 is 0 Å². The minimum atomic E-state index is -0.491. The molecule has 4 nitrogen and oxygen atoms in total. The molecule has 0 radical (unpaired) electrons. The average molecular weight is 190 g/mol. The maximum atomic E-state index is 11.6. The molecule has 14 heavy (non-hydrogen) atoms. The maximum absolute atomic E-state index is 11.6. The molecule has 1 aliphatic heterocycles. The van der Waals surface area contributed by atoms with Crippen molar-refractivity contribution in [2.24, 2.45) is 0 Å². The van der Waals surface area contributed by atoms with E-state index in [1.807, 2.05) is 0 Å². The second kappa shape index (κ2) is 3.14. The Hall–Kier alpha value is -1.84. The molecule has 1 atom stereocenters. The third-order valence-corrected chi connectivity index (χ3v) is 2.17. The molecule has 0 spiro atoms. The van der Waals surface area contributed by atoms with Crippen LogP contribution in [0, 0.1) is 0 Å². The quantitative estimate of drug-likeness (QED) is 0.634. The van der Waals surface area contributed by atoms with Crippen molar-refractivity contribution in [3.63, 3.8) is 0 Å². The van der Waals surface area contributed by atoms with Crippen LogP contribution in [0.1, 0.15) is 17.3 Å². The van der Waals surface area contributed by atoms with E-state index >= 15 is 0 Å². The van der Waals surface area contributed by atoms with Crippen molar-refractivity contribution in [2.45, 2.75) is 13.0 Å². The molecule has 2 amide bonds. The van der Waals surface area contributed by atoms with Gasteiger partial charge in [-0.3, -0.25) is 9.59 Å². The topological polar surface area (TPSA) is 58.2 Å². The summed E-state index contributed by atoms with van der Waals surface area (Å²) >= 11 is 0. The summed E-state index contributed by atoms with van der Waals surface area (Å²) in [5.74, 6) is -0.408. The Labute approximate surface area is 81.3 Å². The first-order valence-corrected chi connectivity index (χ1v) is 4.39. The fourth-order valence-electron chi connectivity index (χ4n) is 1.37. The van der Waals surface area contributed by atoms with Crippen LogP contribution in [0.25, 0.3) is 0 Å². The normalized spacial score (nSPS) is 20.5. The van der Waals surface area contributed by atoms with E-state index in [0.717, 1.165) is 0 Å². The van der Waals surface area contributed by atoms with Crippen LogP contribution in [0.2, 0.25) is 0 Å². The number of anilines is 1. The van der Waals surface area contributed by atoms with Crippen molar-refractivity contribution < 1.29 is 9.59 Å². The fraction of sp³-hybridized carbons (Fsp3) is 0.200. The lowest BCUT2D eigenvalue weighted by Crippen LogP contribution is -2.38. The number of amides is 2. The Morgan fingerprint density at radius 2 is 1.93 bits per heavy atom. The highest BCUT2D eigenvalue weighted by atomic mass is 16.2. The van der Waals surface area contributed by atoms with Crippen LogP contribution in [-0.2, 0) is 4.79 Å². The fourth-order valence-corrected chi connectivity index (χ4v) is 1.37. The molecule has 1 aromatic rings. The van der Waals surface area contributed by atoms with E-state index in [1.165, 1.54) is 0 Å². The highest BCUT2D eigenvalue weighted by Crippen LogP contribution is 2.17. The number of hydrogen-bond donors (Lipinski definition) is 2. The summed E-state index contributed by atoms with van der Waals surface area (Å²) in [6.45, 7) is 1.65. The van der Waals surface area contributed by atoms with Gasteiger partial charge in [-0.1, -0.05) is 12.1 Å². The van der Waals surface area contributed by atoms with Gasteiger partial charge in [-0.05, 0) is 19.1 Å². The average Bonchev–Trinajstić information content (AvgIpc) is 2.27. The Morgan fingerprint density at radius 1 is 1.21 bits per heavy atom. The zero-order valence-corrected chi connectivity index (χ0v) is 7.70. The Morgan fingerprint density at radius 3 is 2.71 bits per heavy atom. The predicted molar refractivity (Wildman–Crippen MR) is 52.0 cm³/mol. The Kier molecular flexibility index (Phi) is 1.96. The van der Waals surface area contributed by atoms with E-state index in [9.17, 15) is 9.59 Å². The van der Waals surface area contributed by atoms with E-state index in [4.69, 9.17) is 0 Å². The van der Waals surface area contributed by atoms with Crippen LogP contribution in [0.4, 0.5) is 5.69 Å². The summed E-state index contributed by atoms with van der Waals surface area (Å²) in [6, 6.07) is 6.45. The van der Waals surface area contributed by atoms with E-state index < -0.39 is 6.04 Å². The lowest BCUT2D eigenvalue weighted by molar-refractivity contribution is -0.117. The molecule has 0 fully saturated rings. The lowest BCUT2D eigenvalue weighted by atomic mass is 10.2. The summed E-state index contributed by atoms with van der Waals surface area (Å²) in [7, 11) is 0. The molecule has 0 aliphatic carbocycles. The standard InChI is InChI=1S/C10H10N2O2/c1-6-9(13)12-8-5-3-2-4-7(8)10(14)11-6/h2-6H,1H3,(H,11,14)(H,12,13)/t6-/m1/s1. The van der Waals surface area contributed by atoms with Gasteiger partial charge in [0, 0.05) is 0 Å². The van der Waals surface area contributed by atoms with Crippen molar-refractivity contribution in [2.75, 3.05) is 5.32 Å². The highest BCUT2D eigenvalue weighted by molar-refractivity contribution is 6.09. The minimum Gasteiger partial charge on any atom is -0.340 e. The number of hydrogen-bond acceptors (Lipinski definition) is 2. The molecule has 0 unspecified atom stereocenters.